The number of aliphatic carboxylic acids is 1. The number of carboxylic acids is 1. The number of piperidine rings is 1. The standard InChI is InChI=1S/C24H29NO7/c1-13-14(2)23(29)31-21-16-7-8-24(3,4)32-17(16)10-18(20(13)21)30-12-19(26)25-9-5-6-15(11-25)22(27)28/h10,15H,5-9,11-12H2,1-4H3,(H,27,28)/t15-/m0/s1. The molecule has 8 nitrogen and oxygen atoms in total. The Morgan fingerprint density at radius 1 is 1.28 bits per heavy atom. The minimum atomic E-state index is -0.884. The number of nitrogens with zero attached hydrogens (tertiary/aromatic N) is 1. The van der Waals surface area contributed by atoms with Gasteiger partial charge in [0.05, 0.1) is 11.3 Å². The first-order chi connectivity index (χ1) is 15.1. The van der Waals surface area contributed by atoms with Crippen molar-refractivity contribution >= 4 is 22.8 Å². The van der Waals surface area contributed by atoms with E-state index in [0.29, 0.717) is 53.8 Å². The fourth-order valence-corrected chi connectivity index (χ4v) is 4.48. The highest BCUT2D eigenvalue weighted by atomic mass is 16.5. The second-order valence-corrected chi connectivity index (χ2v) is 9.36. The molecule has 1 saturated heterocycles. The minimum absolute atomic E-state index is 0.187. The largest absolute Gasteiger partial charge is 0.487 e. The quantitative estimate of drug-likeness (QED) is 0.723. The van der Waals surface area contributed by atoms with Gasteiger partial charge in [-0.2, -0.15) is 0 Å². The summed E-state index contributed by atoms with van der Waals surface area (Å²) in [4.78, 5) is 38.0. The van der Waals surface area contributed by atoms with Crippen LogP contribution in [0.3, 0.4) is 0 Å². The van der Waals surface area contributed by atoms with Crippen LogP contribution in [0.2, 0.25) is 0 Å². The molecule has 0 unspecified atom stereocenters. The lowest BCUT2D eigenvalue weighted by molar-refractivity contribution is -0.146. The van der Waals surface area contributed by atoms with Gasteiger partial charge in [0.25, 0.3) is 5.91 Å². The van der Waals surface area contributed by atoms with Crippen molar-refractivity contribution in [1.29, 1.82) is 0 Å². The molecule has 3 heterocycles. The number of carbonyl (C=O) groups excluding carboxylic acids is 1. The summed E-state index contributed by atoms with van der Waals surface area (Å²) in [5, 5.41) is 9.94. The molecule has 0 saturated carbocycles. The molecule has 0 radical (unpaired) electrons. The van der Waals surface area contributed by atoms with Crippen molar-refractivity contribution in [2.75, 3.05) is 19.7 Å². The van der Waals surface area contributed by atoms with Crippen LogP contribution in [0.1, 0.15) is 49.8 Å². The van der Waals surface area contributed by atoms with E-state index in [9.17, 15) is 19.5 Å². The molecule has 1 aromatic carbocycles. The summed E-state index contributed by atoms with van der Waals surface area (Å²) in [5.74, 6) is -0.695. The molecule has 1 amide bonds. The van der Waals surface area contributed by atoms with Gasteiger partial charge in [-0.1, -0.05) is 0 Å². The third-order valence-corrected chi connectivity index (χ3v) is 6.58. The Morgan fingerprint density at radius 3 is 2.75 bits per heavy atom. The summed E-state index contributed by atoms with van der Waals surface area (Å²) in [7, 11) is 0. The first kappa shape index (κ1) is 22.2. The Kier molecular flexibility index (Phi) is 5.65. The number of benzene rings is 1. The maximum atomic E-state index is 12.8. The molecule has 2 aliphatic heterocycles. The Labute approximate surface area is 186 Å². The number of hydrogen-bond donors (Lipinski definition) is 1. The van der Waals surface area contributed by atoms with Crippen LogP contribution in [0.4, 0.5) is 0 Å². The number of amides is 1. The van der Waals surface area contributed by atoms with Crippen LogP contribution in [0, 0.1) is 19.8 Å². The number of fused-ring (bicyclic) bond motifs is 3. The molecule has 2 aliphatic rings. The van der Waals surface area contributed by atoms with Gasteiger partial charge in [-0.05, 0) is 58.9 Å². The zero-order chi connectivity index (χ0) is 23.2. The molecule has 0 aliphatic carbocycles. The van der Waals surface area contributed by atoms with Crippen LogP contribution >= 0.6 is 0 Å². The fraction of sp³-hybridized carbons (Fsp3) is 0.542. The fourth-order valence-electron chi connectivity index (χ4n) is 4.48. The van der Waals surface area contributed by atoms with E-state index in [1.165, 1.54) is 0 Å². The zero-order valence-corrected chi connectivity index (χ0v) is 18.9. The second kappa shape index (κ2) is 8.15. The van der Waals surface area contributed by atoms with Crippen LogP contribution in [-0.4, -0.2) is 47.2 Å². The average Bonchev–Trinajstić information content (AvgIpc) is 2.74. The third kappa shape index (κ3) is 4.06. The van der Waals surface area contributed by atoms with E-state index in [2.05, 4.69) is 0 Å². The average molecular weight is 443 g/mol. The van der Waals surface area contributed by atoms with Gasteiger partial charge in [-0.3, -0.25) is 9.59 Å². The second-order valence-electron chi connectivity index (χ2n) is 9.36. The van der Waals surface area contributed by atoms with Crippen LogP contribution in [0.5, 0.6) is 11.5 Å². The lowest BCUT2D eigenvalue weighted by atomic mass is 9.92. The van der Waals surface area contributed by atoms with E-state index in [4.69, 9.17) is 13.9 Å². The lowest BCUT2D eigenvalue weighted by Gasteiger charge is -2.33. The number of rotatable bonds is 4. The van der Waals surface area contributed by atoms with Gasteiger partial charge in [0, 0.05) is 30.3 Å². The zero-order valence-electron chi connectivity index (χ0n) is 18.9. The predicted octanol–water partition coefficient (Wildman–Crippen LogP) is 3.22. The van der Waals surface area contributed by atoms with Crippen molar-refractivity contribution in [2.45, 2.75) is 59.0 Å². The molecule has 1 atom stereocenters. The maximum absolute atomic E-state index is 12.8. The van der Waals surface area contributed by atoms with Crippen molar-refractivity contribution in [3.8, 4) is 11.5 Å². The van der Waals surface area contributed by atoms with Crippen LogP contribution in [0.15, 0.2) is 15.3 Å². The molecular weight excluding hydrogens is 414 g/mol. The molecular formula is C24H29NO7. The first-order valence-electron chi connectivity index (χ1n) is 11.0. The van der Waals surface area contributed by atoms with Crippen LogP contribution < -0.4 is 15.1 Å². The monoisotopic (exact) mass is 443 g/mol. The van der Waals surface area contributed by atoms with Gasteiger partial charge >= 0.3 is 11.6 Å². The van der Waals surface area contributed by atoms with Gasteiger partial charge in [0.15, 0.2) is 6.61 Å². The molecule has 172 valence electrons. The molecule has 1 N–H and O–H groups in total. The summed E-state index contributed by atoms with van der Waals surface area (Å²) in [5.41, 5.74) is 1.74. The topological polar surface area (TPSA) is 106 Å². The number of aryl methyl sites for hydroxylation is 2. The van der Waals surface area contributed by atoms with E-state index < -0.39 is 17.5 Å². The molecule has 1 fully saturated rings. The van der Waals surface area contributed by atoms with Gasteiger partial charge in [0.1, 0.15) is 22.7 Å². The number of likely N-dealkylation sites (tertiary alicyclic amines) is 1. The van der Waals surface area contributed by atoms with Crippen LogP contribution in [-0.2, 0) is 16.0 Å². The van der Waals surface area contributed by atoms with E-state index in [1.807, 2.05) is 20.8 Å². The summed E-state index contributed by atoms with van der Waals surface area (Å²) >= 11 is 0. The summed E-state index contributed by atoms with van der Waals surface area (Å²) in [6, 6.07) is 1.77. The molecule has 2 aromatic rings. The van der Waals surface area contributed by atoms with Crippen molar-refractivity contribution in [3.05, 3.63) is 33.2 Å². The lowest BCUT2D eigenvalue weighted by Crippen LogP contribution is -2.44. The summed E-state index contributed by atoms with van der Waals surface area (Å²) < 4.78 is 17.8. The highest BCUT2D eigenvalue weighted by Gasteiger charge is 2.32. The highest BCUT2D eigenvalue weighted by molar-refractivity contribution is 5.92. The molecule has 32 heavy (non-hydrogen) atoms. The van der Waals surface area contributed by atoms with Gasteiger partial charge in [0.2, 0.25) is 0 Å². The smallest absolute Gasteiger partial charge is 0.339 e. The molecule has 8 heteroatoms. The highest BCUT2D eigenvalue weighted by Crippen LogP contribution is 2.43. The molecule has 1 aromatic heterocycles. The van der Waals surface area contributed by atoms with Gasteiger partial charge < -0.3 is 23.9 Å². The van der Waals surface area contributed by atoms with Crippen LogP contribution in [0.25, 0.3) is 11.0 Å². The number of ether oxygens (including phenoxy) is 2. The van der Waals surface area contributed by atoms with Crippen molar-refractivity contribution in [3.63, 3.8) is 0 Å². The van der Waals surface area contributed by atoms with Crippen molar-refractivity contribution in [1.82, 2.24) is 4.90 Å². The number of hydrogen-bond acceptors (Lipinski definition) is 6. The molecule has 4 rings (SSSR count). The maximum Gasteiger partial charge on any atom is 0.339 e. The number of carbonyl (C=O) groups is 2. The van der Waals surface area contributed by atoms with E-state index in [-0.39, 0.29) is 24.7 Å². The Balaban J connectivity index is 1.68. The molecule has 0 spiro atoms. The number of carboxylic acid groups (broad SMARTS) is 1. The molecule has 0 bridgehead atoms. The first-order valence-corrected chi connectivity index (χ1v) is 11.0. The van der Waals surface area contributed by atoms with Gasteiger partial charge in [-0.25, -0.2) is 4.79 Å². The Morgan fingerprint density at radius 2 is 2.03 bits per heavy atom. The SMILES string of the molecule is Cc1c(C)c2c(OCC(=O)N3CCC[C@H](C(=O)O)C3)cc3c(c2oc1=O)CCC(C)(C)O3. The predicted molar refractivity (Wildman–Crippen MR) is 117 cm³/mol. The van der Waals surface area contributed by atoms with E-state index >= 15 is 0 Å². The van der Waals surface area contributed by atoms with Crippen molar-refractivity contribution in [2.24, 2.45) is 5.92 Å². The summed E-state index contributed by atoms with van der Waals surface area (Å²) in [6.45, 7) is 8.00. The Bertz CT molecular complexity index is 1150. The van der Waals surface area contributed by atoms with E-state index in [0.717, 1.165) is 17.5 Å². The summed E-state index contributed by atoms with van der Waals surface area (Å²) in [6.07, 6.45) is 2.70. The minimum Gasteiger partial charge on any atom is -0.487 e. The van der Waals surface area contributed by atoms with Gasteiger partial charge in [-0.15, -0.1) is 0 Å². The van der Waals surface area contributed by atoms with Crippen molar-refractivity contribution < 1.29 is 28.6 Å². The van der Waals surface area contributed by atoms with E-state index in [1.54, 1.807) is 17.9 Å². The Hall–Kier alpha value is -3.03. The third-order valence-electron chi connectivity index (χ3n) is 6.58. The normalized spacial score (nSPS) is 19.9.